The molecule has 0 radical (unpaired) electrons. The van der Waals surface area contributed by atoms with Gasteiger partial charge in [-0.25, -0.2) is 4.79 Å². The molecule has 0 spiro atoms. The summed E-state index contributed by atoms with van der Waals surface area (Å²) < 4.78 is 5.41. The fraction of sp³-hybridized carbons (Fsp3) is 0.286. The quantitative estimate of drug-likeness (QED) is 0.495. The Bertz CT molecular complexity index is 1020. The van der Waals surface area contributed by atoms with Gasteiger partial charge in [0.2, 0.25) is 5.89 Å². The van der Waals surface area contributed by atoms with Crippen molar-refractivity contribution >= 4 is 34.9 Å². The van der Waals surface area contributed by atoms with E-state index in [2.05, 4.69) is 20.8 Å². The summed E-state index contributed by atoms with van der Waals surface area (Å²) in [6.45, 7) is -0.0407. The van der Waals surface area contributed by atoms with Crippen molar-refractivity contribution < 1.29 is 14.4 Å². The Balaban J connectivity index is 1.53. The lowest BCUT2D eigenvalue weighted by Crippen LogP contribution is -2.34. The summed E-state index contributed by atoms with van der Waals surface area (Å²) in [5.41, 5.74) is 1.11. The number of carbonyl (C=O) groups excluding carboxylic acids is 1. The Labute approximate surface area is 183 Å². The second-order valence-electron chi connectivity index (χ2n) is 7.38. The minimum Gasteiger partial charge on any atom is -0.395 e. The van der Waals surface area contributed by atoms with Gasteiger partial charge in [-0.15, -0.1) is 0 Å². The molecule has 156 valence electrons. The van der Waals surface area contributed by atoms with Crippen molar-refractivity contribution in [2.75, 3.05) is 11.9 Å². The van der Waals surface area contributed by atoms with E-state index in [1.54, 1.807) is 36.4 Å². The van der Waals surface area contributed by atoms with Crippen LogP contribution in [0.15, 0.2) is 53.1 Å². The molecule has 1 fully saturated rings. The van der Waals surface area contributed by atoms with Crippen LogP contribution in [0.1, 0.15) is 36.2 Å². The van der Waals surface area contributed by atoms with Gasteiger partial charge in [-0.1, -0.05) is 40.5 Å². The van der Waals surface area contributed by atoms with Gasteiger partial charge in [-0.05, 0) is 54.8 Å². The highest BCUT2D eigenvalue weighted by atomic mass is 35.5. The van der Waals surface area contributed by atoms with E-state index in [-0.39, 0.29) is 6.61 Å². The summed E-state index contributed by atoms with van der Waals surface area (Å²) >= 11 is 11.9. The maximum absolute atomic E-state index is 12.6. The number of halogens is 2. The minimum atomic E-state index is -0.537. The third-order valence-corrected chi connectivity index (χ3v) is 5.63. The summed E-state index contributed by atoms with van der Waals surface area (Å²) in [7, 11) is 0. The number of aromatic nitrogens is 2. The first-order valence-electron chi connectivity index (χ1n) is 9.50. The number of aliphatic hydroxyl groups is 1. The fourth-order valence-corrected chi connectivity index (χ4v) is 3.36. The van der Waals surface area contributed by atoms with Crippen LogP contribution < -0.4 is 10.6 Å². The third-order valence-electron chi connectivity index (χ3n) is 5.12. The molecule has 4 rings (SSSR count). The molecule has 1 saturated carbocycles. The predicted molar refractivity (Wildman–Crippen MR) is 114 cm³/mol. The molecular weight excluding hydrogens is 427 g/mol. The van der Waals surface area contributed by atoms with Gasteiger partial charge in [0.05, 0.1) is 18.1 Å². The topological polar surface area (TPSA) is 100 Å². The molecule has 2 aromatic carbocycles. The molecule has 7 nitrogen and oxygen atoms in total. The Morgan fingerprint density at radius 3 is 2.33 bits per heavy atom. The Morgan fingerprint density at radius 1 is 1.10 bits per heavy atom. The fourth-order valence-electron chi connectivity index (χ4n) is 3.10. The number of hydrogen-bond donors (Lipinski definition) is 3. The Hall–Kier alpha value is -2.61. The number of nitrogens with one attached hydrogen (secondary N) is 2. The number of amides is 2. The highest BCUT2D eigenvalue weighted by Crippen LogP contribution is 2.47. The van der Waals surface area contributed by atoms with Crippen LogP contribution in [0.4, 0.5) is 10.5 Å². The highest BCUT2D eigenvalue weighted by Gasteiger charge is 2.49. The van der Waals surface area contributed by atoms with E-state index < -0.39 is 17.5 Å². The van der Waals surface area contributed by atoms with Crippen molar-refractivity contribution in [1.82, 2.24) is 15.5 Å². The molecule has 30 heavy (non-hydrogen) atoms. The zero-order valence-electron chi connectivity index (χ0n) is 15.9. The van der Waals surface area contributed by atoms with E-state index in [0.29, 0.717) is 33.9 Å². The van der Waals surface area contributed by atoms with Gasteiger partial charge in [0.25, 0.3) is 0 Å². The summed E-state index contributed by atoms with van der Waals surface area (Å²) in [6, 6.07) is 13.2. The molecule has 3 aromatic rings. The normalized spacial score (nSPS) is 15.4. The zero-order valence-corrected chi connectivity index (χ0v) is 17.5. The van der Waals surface area contributed by atoms with Crippen LogP contribution >= 0.6 is 23.2 Å². The van der Waals surface area contributed by atoms with Crippen LogP contribution in [0.3, 0.4) is 0 Å². The molecule has 0 bridgehead atoms. The smallest absolute Gasteiger partial charge is 0.319 e. The van der Waals surface area contributed by atoms with Crippen molar-refractivity contribution in [3.8, 4) is 0 Å². The Kier molecular flexibility index (Phi) is 5.94. The number of benzene rings is 2. The first-order valence-corrected chi connectivity index (χ1v) is 10.3. The average molecular weight is 447 g/mol. The zero-order chi connectivity index (χ0) is 21.1. The molecule has 0 aliphatic heterocycles. The van der Waals surface area contributed by atoms with Gasteiger partial charge in [0.1, 0.15) is 0 Å². The standard InChI is InChI=1S/C21H20Cl2N4O3/c22-14-3-1-13(2-4-14)11-17(18-26-19(30-27-18)21(12-28)9-10-21)25-20(29)24-16-7-5-15(23)6-8-16/h1-8,17,28H,9-12H2,(H2,24,25,29). The summed E-state index contributed by atoms with van der Waals surface area (Å²) in [5.74, 6) is 0.756. The summed E-state index contributed by atoms with van der Waals surface area (Å²) in [6.07, 6.45) is 2.05. The van der Waals surface area contributed by atoms with Gasteiger partial charge in [-0.3, -0.25) is 0 Å². The molecule has 1 atom stereocenters. The number of nitrogens with zero attached hydrogens (tertiary/aromatic N) is 2. The van der Waals surface area contributed by atoms with E-state index in [1.165, 1.54) is 0 Å². The molecule has 0 saturated heterocycles. The van der Waals surface area contributed by atoms with Gasteiger partial charge in [0.15, 0.2) is 5.82 Å². The summed E-state index contributed by atoms with van der Waals surface area (Å²) in [4.78, 5) is 17.1. The van der Waals surface area contributed by atoms with Crippen LogP contribution in [0, 0.1) is 0 Å². The van der Waals surface area contributed by atoms with Crippen LogP contribution in [0.5, 0.6) is 0 Å². The van der Waals surface area contributed by atoms with E-state index in [1.807, 2.05) is 12.1 Å². The van der Waals surface area contributed by atoms with Crippen molar-refractivity contribution in [2.45, 2.75) is 30.7 Å². The van der Waals surface area contributed by atoms with Crippen LogP contribution in [-0.4, -0.2) is 27.9 Å². The maximum Gasteiger partial charge on any atom is 0.319 e. The third kappa shape index (κ3) is 4.75. The number of aliphatic hydroxyl groups excluding tert-OH is 1. The molecule has 1 aromatic heterocycles. The van der Waals surface area contributed by atoms with Crippen molar-refractivity contribution in [3.05, 3.63) is 75.9 Å². The highest BCUT2D eigenvalue weighted by molar-refractivity contribution is 6.30. The van der Waals surface area contributed by atoms with Gasteiger partial charge >= 0.3 is 6.03 Å². The number of urea groups is 1. The SMILES string of the molecule is O=C(Nc1ccc(Cl)cc1)NC(Cc1ccc(Cl)cc1)c1noc(C2(CO)CC2)n1. The molecule has 1 aliphatic rings. The molecule has 3 N–H and O–H groups in total. The van der Waals surface area contributed by atoms with Crippen molar-refractivity contribution in [1.29, 1.82) is 0 Å². The van der Waals surface area contributed by atoms with E-state index in [9.17, 15) is 9.90 Å². The lowest BCUT2D eigenvalue weighted by atomic mass is 10.1. The van der Waals surface area contributed by atoms with Crippen molar-refractivity contribution in [2.24, 2.45) is 0 Å². The minimum absolute atomic E-state index is 0.0407. The maximum atomic E-state index is 12.6. The van der Waals surface area contributed by atoms with Crippen LogP contribution in [-0.2, 0) is 11.8 Å². The number of rotatable bonds is 7. The lowest BCUT2D eigenvalue weighted by molar-refractivity contribution is 0.221. The van der Waals surface area contributed by atoms with Gasteiger partial charge in [-0.2, -0.15) is 4.98 Å². The number of carbonyl (C=O) groups is 1. The first-order chi connectivity index (χ1) is 14.5. The second kappa shape index (κ2) is 8.63. The second-order valence-corrected chi connectivity index (χ2v) is 8.26. The molecule has 1 aliphatic carbocycles. The first kappa shape index (κ1) is 20.7. The Morgan fingerprint density at radius 2 is 1.73 bits per heavy atom. The predicted octanol–water partition coefficient (Wildman–Crippen LogP) is 4.51. The average Bonchev–Trinajstić information content (AvgIpc) is 3.38. The van der Waals surface area contributed by atoms with Crippen LogP contribution in [0.2, 0.25) is 10.0 Å². The lowest BCUT2D eigenvalue weighted by Gasteiger charge is -2.16. The number of anilines is 1. The molecule has 1 heterocycles. The van der Waals surface area contributed by atoms with Gasteiger partial charge in [0, 0.05) is 22.2 Å². The van der Waals surface area contributed by atoms with E-state index in [0.717, 1.165) is 18.4 Å². The van der Waals surface area contributed by atoms with Gasteiger partial charge < -0.3 is 20.3 Å². The van der Waals surface area contributed by atoms with Crippen LogP contribution in [0.25, 0.3) is 0 Å². The molecular formula is C21H20Cl2N4O3. The molecule has 2 amide bonds. The van der Waals surface area contributed by atoms with Crippen molar-refractivity contribution in [3.63, 3.8) is 0 Å². The largest absolute Gasteiger partial charge is 0.395 e. The molecule has 9 heteroatoms. The van der Waals surface area contributed by atoms with E-state index >= 15 is 0 Å². The monoisotopic (exact) mass is 446 g/mol. The molecule has 1 unspecified atom stereocenters. The summed E-state index contributed by atoms with van der Waals surface area (Å²) in [5, 5.41) is 20.6. The van der Waals surface area contributed by atoms with E-state index in [4.69, 9.17) is 27.7 Å². The number of hydrogen-bond acceptors (Lipinski definition) is 5.